The maximum Gasteiger partial charge on any atom is 0.0763 e. The highest BCUT2D eigenvalue weighted by Gasteiger charge is 2.36. The molecule has 2 radical (unpaired) electrons. The summed E-state index contributed by atoms with van der Waals surface area (Å²) >= 11 is 0. The molecule has 0 aliphatic carbocycles. The van der Waals surface area contributed by atoms with Gasteiger partial charge in [-0.25, -0.2) is 0 Å². The Morgan fingerprint density at radius 3 is 1.25 bits per heavy atom. The second-order valence-electron chi connectivity index (χ2n) is 10.1. The van der Waals surface area contributed by atoms with E-state index in [1.165, 1.54) is 27.9 Å². The Balaban J connectivity index is 0.000000283. The summed E-state index contributed by atoms with van der Waals surface area (Å²) in [5, 5.41) is 0. The molecular weight excluding hydrogens is 481 g/mol. The van der Waals surface area contributed by atoms with Crippen LogP contribution in [-0.2, 0) is 5.41 Å². The third kappa shape index (κ3) is 7.13. The Morgan fingerprint density at radius 2 is 0.875 bits per heavy atom. The molecule has 5 aromatic carbocycles. The Bertz CT molecular complexity index is 1260. The summed E-state index contributed by atoms with van der Waals surface area (Å²) in [6.07, 6.45) is 1.82. The molecule has 1 unspecified atom stereocenters. The third-order valence-corrected chi connectivity index (χ3v) is 7.74. The minimum Gasteiger partial charge on any atom is -0.372 e. The monoisotopic (exact) mass is 521 g/mol. The predicted molar refractivity (Wildman–Crippen MR) is 173 cm³/mol. The summed E-state index contributed by atoms with van der Waals surface area (Å²) in [6.45, 7) is 6.52. The highest BCUT2D eigenvalue weighted by Crippen LogP contribution is 2.44. The Hall–Kier alpha value is -4.04. The fourth-order valence-electron chi connectivity index (χ4n) is 5.57. The van der Waals surface area contributed by atoms with Gasteiger partial charge in [-0.15, -0.1) is 0 Å². The fourth-order valence-corrected chi connectivity index (χ4v) is 5.57. The first-order chi connectivity index (χ1) is 19.7. The van der Waals surface area contributed by atoms with Gasteiger partial charge in [-0.05, 0) is 49.1 Å². The number of nitrogens with zero attached hydrogens (tertiary/aromatic N) is 1. The van der Waals surface area contributed by atoms with E-state index in [0.717, 1.165) is 25.9 Å². The van der Waals surface area contributed by atoms with Crippen LogP contribution in [0.2, 0.25) is 0 Å². The average molecular weight is 522 g/mol. The molecule has 0 aromatic heterocycles. The van der Waals surface area contributed by atoms with Crippen molar-refractivity contribution < 1.29 is 0 Å². The summed E-state index contributed by atoms with van der Waals surface area (Å²) in [6, 6.07) is 53.4. The Morgan fingerprint density at radius 1 is 0.525 bits per heavy atom. The van der Waals surface area contributed by atoms with Gasteiger partial charge in [-0.2, -0.15) is 0 Å². The molecule has 0 aliphatic heterocycles. The Labute approximate surface area is 242 Å². The van der Waals surface area contributed by atoms with Crippen molar-refractivity contribution in [2.45, 2.75) is 37.9 Å². The van der Waals surface area contributed by atoms with Crippen molar-refractivity contribution >= 4 is 13.5 Å². The molecule has 2 heteroatoms. The molecule has 0 saturated heterocycles. The minimum atomic E-state index is -0.240. The van der Waals surface area contributed by atoms with Gasteiger partial charge in [0.25, 0.3) is 0 Å². The topological polar surface area (TPSA) is 3.24 Å². The molecule has 5 aromatic rings. The van der Waals surface area contributed by atoms with Crippen molar-refractivity contribution in [2.75, 3.05) is 18.0 Å². The molecule has 1 atom stereocenters. The molecule has 1 nitrogen and oxygen atoms in total. The van der Waals surface area contributed by atoms with Crippen LogP contribution < -0.4 is 4.90 Å². The van der Waals surface area contributed by atoms with Crippen LogP contribution >= 0.6 is 0 Å². The molecule has 0 saturated carbocycles. The third-order valence-electron chi connectivity index (χ3n) is 7.74. The van der Waals surface area contributed by atoms with E-state index in [2.05, 4.69) is 158 Å². The highest BCUT2D eigenvalue weighted by molar-refractivity contribution is 6.12. The van der Waals surface area contributed by atoms with Gasteiger partial charge in [0.15, 0.2) is 0 Å². The quantitative estimate of drug-likeness (QED) is 0.131. The molecule has 0 bridgehead atoms. The van der Waals surface area contributed by atoms with Crippen molar-refractivity contribution in [2.24, 2.45) is 0 Å². The first-order valence-electron chi connectivity index (χ1n) is 14.5. The van der Waals surface area contributed by atoms with E-state index in [-0.39, 0.29) is 11.2 Å². The molecule has 0 amide bonds. The minimum absolute atomic E-state index is 0.00621. The molecule has 200 valence electrons. The van der Waals surface area contributed by atoms with Crippen LogP contribution in [0.15, 0.2) is 152 Å². The lowest BCUT2D eigenvalue weighted by Crippen LogP contribution is -2.30. The van der Waals surface area contributed by atoms with E-state index >= 15 is 0 Å². The molecule has 0 aliphatic rings. The van der Waals surface area contributed by atoms with Crippen molar-refractivity contribution in [3.63, 3.8) is 0 Å². The molecule has 5 rings (SSSR count). The van der Waals surface area contributed by atoms with Gasteiger partial charge in [0.1, 0.15) is 0 Å². The Kier molecular flexibility index (Phi) is 10.8. The maximum atomic E-state index is 6.64. The number of rotatable bonds is 10. The molecule has 0 heterocycles. The van der Waals surface area contributed by atoms with Gasteiger partial charge in [0.05, 0.1) is 7.85 Å². The number of anilines is 1. The summed E-state index contributed by atoms with van der Waals surface area (Å²) in [7, 11) is 6.64. The number of hydrogen-bond donors (Lipinski definition) is 0. The van der Waals surface area contributed by atoms with Crippen molar-refractivity contribution in [1.29, 1.82) is 0 Å². The van der Waals surface area contributed by atoms with Gasteiger partial charge in [0.2, 0.25) is 0 Å². The second kappa shape index (κ2) is 14.9. The van der Waals surface area contributed by atoms with Crippen molar-refractivity contribution in [3.8, 4) is 0 Å². The zero-order valence-electron chi connectivity index (χ0n) is 23.9. The van der Waals surface area contributed by atoms with Crippen LogP contribution in [0.1, 0.15) is 54.8 Å². The van der Waals surface area contributed by atoms with Gasteiger partial charge in [-0.3, -0.25) is 0 Å². The first-order valence-corrected chi connectivity index (χ1v) is 14.5. The average Bonchev–Trinajstić information content (AvgIpc) is 3.05. The largest absolute Gasteiger partial charge is 0.372 e. The van der Waals surface area contributed by atoms with Gasteiger partial charge < -0.3 is 4.90 Å². The molecular formula is C38H40BN. The summed E-state index contributed by atoms with van der Waals surface area (Å²) in [5.74, 6) is 0.00621. The lowest BCUT2D eigenvalue weighted by Gasteiger charge is -2.37. The van der Waals surface area contributed by atoms with E-state index in [4.69, 9.17) is 7.85 Å². The highest BCUT2D eigenvalue weighted by atomic mass is 15.1. The number of benzene rings is 5. The molecule has 0 fully saturated rings. The second-order valence-corrected chi connectivity index (χ2v) is 10.1. The van der Waals surface area contributed by atoms with Crippen LogP contribution in [0.3, 0.4) is 0 Å². The van der Waals surface area contributed by atoms with Crippen molar-refractivity contribution in [3.05, 3.63) is 174 Å². The standard InChI is InChI=1S/C28H25B.C10H15N/c29-27(23-13-5-1-6-14-23)21-22-28(24-15-7-2-8-16-24,25-17-9-3-10-18-25)26-19-11-4-12-20-26;1-3-11(4-2)10-8-6-5-7-9-10/h1-20,27H,21-22H2;5-9H,3-4H2,1-2H3. The lowest BCUT2D eigenvalue weighted by molar-refractivity contribution is 0.527. The van der Waals surface area contributed by atoms with Crippen LogP contribution in [-0.4, -0.2) is 20.9 Å². The smallest absolute Gasteiger partial charge is 0.0763 e. The zero-order valence-corrected chi connectivity index (χ0v) is 23.9. The zero-order chi connectivity index (χ0) is 28.0. The van der Waals surface area contributed by atoms with Crippen LogP contribution in [0.4, 0.5) is 5.69 Å². The molecule has 0 spiro atoms. The fraction of sp³-hybridized carbons (Fsp3) is 0.211. The predicted octanol–water partition coefficient (Wildman–Crippen LogP) is 9.24. The van der Waals surface area contributed by atoms with Crippen molar-refractivity contribution in [1.82, 2.24) is 0 Å². The van der Waals surface area contributed by atoms with E-state index in [1.54, 1.807) is 0 Å². The SMILES string of the molecule is CCN(CC)c1ccccc1.[B]C(CCC(c1ccccc1)(c1ccccc1)c1ccccc1)c1ccccc1. The van der Waals surface area contributed by atoms with Gasteiger partial charge >= 0.3 is 0 Å². The molecule has 0 N–H and O–H groups in total. The van der Waals surface area contributed by atoms with E-state index < -0.39 is 0 Å². The van der Waals surface area contributed by atoms with E-state index in [9.17, 15) is 0 Å². The summed E-state index contributed by atoms with van der Waals surface area (Å²) in [5.41, 5.74) is 6.18. The maximum absolute atomic E-state index is 6.64. The van der Waals surface area contributed by atoms with Crippen LogP contribution in [0.25, 0.3) is 0 Å². The number of hydrogen-bond acceptors (Lipinski definition) is 1. The lowest BCUT2D eigenvalue weighted by atomic mass is 9.64. The molecule has 40 heavy (non-hydrogen) atoms. The van der Waals surface area contributed by atoms with E-state index in [1.807, 2.05) is 12.1 Å². The van der Waals surface area contributed by atoms with Gasteiger partial charge in [-0.1, -0.05) is 157 Å². The van der Waals surface area contributed by atoms with E-state index in [0.29, 0.717) is 0 Å². The summed E-state index contributed by atoms with van der Waals surface area (Å²) in [4.78, 5) is 2.33. The van der Waals surface area contributed by atoms with Crippen LogP contribution in [0, 0.1) is 0 Å². The number of para-hydroxylation sites is 1. The summed E-state index contributed by atoms with van der Waals surface area (Å²) < 4.78 is 0. The normalized spacial score (nSPS) is 11.7. The van der Waals surface area contributed by atoms with Crippen LogP contribution in [0.5, 0.6) is 0 Å². The van der Waals surface area contributed by atoms with Gasteiger partial charge in [0, 0.05) is 24.2 Å². The first kappa shape index (κ1) is 29.0.